The number of nitrogens with one attached hydrogen (secondary N) is 1. The predicted molar refractivity (Wildman–Crippen MR) is 84.8 cm³/mol. The van der Waals surface area contributed by atoms with E-state index in [0.717, 1.165) is 12.1 Å². The molecule has 1 fully saturated rings. The Bertz CT molecular complexity index is 844. The van der Waals surface area contributed by atoms with E-state index in [1.807, 2.05) is 0 Å². The third kappa shape index (κ3) is 3.04. The van der Waals surface area contributed by atoms with E-state index in [0.29, 0.717) is 18.7 Å². The molecule has 1 saturated heterocycles. The highest BCUT2D eigenvalue weighted by molar-refractivity contribution is 7.89. The van der Waals surface area contributed by atoms with Gasteiger partial charge in [-0.05, 0) is 36.2 Å². The average molecular weight is 353 g/mol. The Kier molecular flexibility index (Phi) is 4.62. The quantitative estimate of drug-likeness (QED) is 0.917. The van der Waals surface area contributed by atoms with Crippen LogP contribution in [-0.2, 0) is 10.0 Å². The normalized spacial score (nSPS) is 19.4. The Hall–Kier alpha value is -1.90. The van der Waals surface area contributed by atoms with Crippen molar-refractivity contribution in [1.29, 1.82) is 0 Å². The highest BCUT2D eigenvalue weighted by Crippen LogP contribution is 2.30. The Morgan fingerprint density at radius 1 is 1.29 bits per heavy atom. The van der Waals surface area contributed by atoms with Crippen molar-refractivity contribution in [1.82, 2.24) is 14.6 Å². The molecule has 8 heteroatoms. The summed E-state index contributed by atoms with van der Waals surface area (Å²) in [6.07, 6.45) is 3.17. The largest absolute Gasteiger partial charge is 0.313 e. The van der Waals surface area contributed by atoms with Crippen LogP contribution in [0.3, 0.4) is 0 Å². The van der Waals surface area contributed by atoms with Crippen molar-refractivity contribution in [3.63, 3.8) is 0 Å². The van der Waals surface area contributed by atoms with Gasteiger partial charge in [0.25, 0.3) is 0 Å². The Labute approximate surface area is 139 Å². The van der Waals surface area contributed by atoms with Gasteiger partial charge >= 0.3 is 0 Å². The summed E-state index contributed by atoms with van der Waals surface area (Å²) in [5.41, 5.74) is 0.761. The SMILES string of the molecule is Cc1cc(F)c(S(=O)(=O)N2CCNCC2c2cccnc2)cc1F. The first-order valence-corrected chi connectivity index (χ1v) is 8.93. The summed E-state index contributed by atoms with van der Waals surface area (Å²) in [6.45, 7) is 2.36. The molecule has 1 unspecified atom stereocenters. The maximum absolute atomic E-state index is 14.2. The van der Waals surface area contributed by atoms with Crippen molar-refractivity contribution in [3.8, 4) is 0 Å². The minimum Gasteiger partial charge on any atom is -0.313 e. The number of sulfonamides is 1. The van der Waals surface area contributed by atoms with Crippen LogP contribution in [-0.4, -0.2) is 37.3 Å². The van der Waals surface area contributed by atoms with Crippen molar-refractivity contribution in [2.45, 2.75) is 17.9 Å². The first-order chi connectivity index (χ1) is 11.4. The number of aryl methyl sites for hydroxylation is 1. The molecule has 1 aliphatic rings. The van der Waals surface area contributed by atoms with Crippen LogP contribution in [0.1, 0.15) is 17.2 Å². The molecular formula is C16H17F2N3O2S. The lowest BCUT2D eigenvalue weighted by molar-refractivity contribution is 0.270. The lowest BCUT2D eigenvalue weighted by Gasteiger charge is -2.35. The lowest BCUT2D eigenvalue weighted by Crippen LogP contribution is -2.48. The van der Waals surface area contributed by atoms with Crippen LogP contribution in [0.25, 0.3) is 0 Å². The van der Waals surface area contributed by atoms with E-state index >= 15 is 0 Å². The second-order valence-electron chi connectivity index (χ2n) is 5.65. The van der Waals surface area contributed by atoms with Gasteiger partial charge in [-0.3, -0.25) is 4.98 Å². The molecule has 24 heavy (non-hydrogen) atoms. The number of nitrogens with zero attached hydrogens (tertiary/aromatic N) is 2. The maximum Gasteiger partial charge on any atom is 0.246 e. The van der Waals surface area contributed by atoms with Crippen molar-refractivity contribution >= 4 is 10.0 Å². The van der Waals surface area contributed by atoms with Gasteiger partial charge in [-0.1, -0.05) is 6.07 Å². The van der Waals surface area contributed by atoms with E-state index in [1.54, 1.807) is 24.5 Å². The van der Waals surface area contributed by atoms with Crippen LogP contribution in [0, 0.1) is 18.6 Å². The molecule has 0 saturated carbocycles. The fourth-order valence-electron chi connectivity index (χ4n) is 2.78. The van der Waals surface area contributed by atoms with Crippen molar-refractivity contribution in [2.24, 2.45) is 0 Å². The number of rotatable bonds is 3. The molecule has 1 atom stereocenters. The Morgan fingerprint density at radius 2 is 2.08 bits per heavy atom. The highest BCUT2D eigenvalue weighted by Gasteiger charge is 2.36. The topological polar surface area (TPSA) is 62.3 Å². The second-order valence-corrected chi connectivity index (χ2v) is 7.51. The fraction of sp³-hybridized carbons (Fsp3) is 0.312. The number of pyridine rings is 1. The second kappa shape index (κ2) is 6.54. The Balaban J connectivity index is 2.06. The van der Waals surface area contributed by atoms with Gasteiger partial charge in [0.2, 0.25) is 10.0 Å². The maximum atomic E-state index is 14.2. The number of benzene rings is 1. The summed E-state index contributed by atoms with van der Waals surface area (Å²) >= 11 is 0. The fourth-order valence-corrected chi connectivity index (χ4v) is 4.46. The zero-order valence-electron chi connectivity index (χ0n) is 13.0. The molecule has 0 amide bonds. The molecule has 1 N–H and O–H groups in total. The average Bonchev–Trinajstić information content (AvgIpc) is 2.59. The molecule has 1 aliphatic heterocycles. The summed E-state index contributed by atoms with van der Waals surface area (Å²) in [6, 6.07) is 4.60. The third-order valence-electron chi connectivity index (χ3n) is 4.06. The van der Waals surface area contributed by atoms with E-state index in [1.165, 1.54) is 11.2 Å². The molecule has 0 aliphatic carbocycles. The van der Waals surface area contributed by atoms with Gasteiger partial charge in [0.05, 0.1) is 6.04 Å². The van der Waals surface area contributed by atoms with Crippen LogP contribution >= 0.6 is 0 Å². The van der Waals surface area contributed by atoms with Gasteiger partial charge in [0.1, 0.15) is 16.5 Å². The standard InChI is InChI=1S/C16H17F2N3O2S/c1-11-7-14(18)16(8-13(11)17)24(22,23)21-6-5-20-10-15(21)12-3-2-4-19-9-12/h2-4,7-9,15,20H,5-6,10H2,1H3. The van der Waals surface area contributed by atoms with E-state index in [9.17, 15) is 17.2 Å². The number of piperazine rings is 1. The smallest absolute Gasteiger partial charge is 0.246 e. The number of hydrogen-bond donors (Lipinski definition) is 1. The highest BCUT2D eigenvalue weighted by atomic mass is 32.2. The van der Waals surface area contributed by atoms with Gasteiger partial charge in [-0.15, -0.1) is 0 Å². The first kappa shape index (κ1) is 16.9. The Morgan fingerprint density at radius 3 is 2.79 bits per heavy atom. The van der Waals surface area contributed by atoms with Crippen molar-refractivity contribution in [3.05, 3.63) is 59.4 Å². The number of hydrogen-bond acceptors (Lipinski definition) is 4. The zero-order chi connectivity index (χ0) is 17.3. The van der Waals surface area contributed by atoms with Crippen LogP contribution in [0.5, 0.6) is 0 Å². The summed E-state index contributed by atoms with van der Waals surface area (Å²) in [7, 11) is -4.18. The van der Waals surface area contributed by atoms with E-state index in [4.69, 9.17) is 0 Å². The van der Waals surface area contributed by atoms with Crippen LogP contribution in [0.15, 0.2) is 41.6 Å². The van der Waals surface area contributed by atoms with Crippen molar-refractivity contribution in [2.75, 3.05) is 19.6 Å². The summed E-state index contributed by atoms with van der Waals surface area (Å²) in [5.74, 6) is -1.69. The summed E-state index contributed by atoms with van der Waals surface area (Å²) in [4.78, 5) is 3.37. The molecule has 2 heterocycles. The van der Waals surface area contributed by atoms with Gasteiger partial charge < -0.3 is 5.32 Å². The molecule has 2 aromatic rings. The molecule has 3 rings (SSSR count). The van der Waals surface area contributed by atoms with Crippen LogP contribution in [0.4, 0.5) is 8.78 Å². The van der Waals surface area contributed by atoms with Gasteiger partial charge in [0.15, 0.2) is 0 Å². The molecule has 0 bridgehead atoms. The molecule has 5 nitrogen and oxygen atoms in total. The van der Waals surface area contributed by atoms with Gasteiger partial charge in [0, 0.05) is 32.0 Å². The van der Waals surface area contributed by atoms with Gasteiger partial charge in [-0.2, -0.15) is 4.31 Å². The minimum atomic E-state index is -4.18. The van der Waals surface area contributed by atoms with E-state index < -0.39 is 32.6 Å². The van der Waals surface area contributed by atoms with E-state index in [2.05, 4.69) is 10.3 Å². The first-order valence-electron chi connectivity index (χ1n) is 7.49. The van der Waals surface area contributed by atoms with E-state index in [-0.39, 0.29) is 12.1 Å². The minimum absolute atomic E-state index is 0.0653. The molecule has 0 radical (unpaired) electrons. The summed E-state index contributed by atoms with van der Waals surface area (Å²) < 4.78 is 55.1. The third-order valence-corrected chi connectivity index (χ3v) is 5.99. The molecule has 0 spiro atoms. The molecule has 128 valence electrons. The molecule has 1 aromatic heterocycles. The molecule has 1 aromatic carbocycles. The van der Waals surface area contributed by atoms with Gasteiger partial charge in [-0.25, -0.2) is 17.2 Å². The predicted octanol–water partition coefficient (Wildman–Crippen LogP) is 2.00. The van der Waals surface area contributed by atoms with Crippen molar-refractivity contribution < 1.29 is 17.2 Å². The monoisotopic (exact) mass is 353 g/mol. The molecular weight excluding hydrogens is 336 g/mol. The zero-order valence-corrected chi connectivity index (χ0v) is 13.9. The number of halogens is 2. The van der Waals surface area contributed by atoms with Crippen LogP contribution in [0.2, 0.25) is 0 Å². The lowest BCUT2D eigenvalue weighted by atomic mass is 10.1. The summed E-state index contributed by atoms with van der Waals surface area (Å²) in [5, 5.41) is 3.12. The van der Waals surface area contributed by atoms with Crippen LogP contribution < -0.4 is 5.32 Å². The number of aromatic nitrogens is 1.